The van der Waals surface area contributed by atoms with Crippen LogP contribution in [-0.2, 0) is 0 Å². The molecule has 0 aliphatic carbocycles. The summed E-state index contributed by atoms with van der Waals surface area (Å²) in [6, 6.07) is 13.0. The highest BCUT2D eigenvalue weighted by Crippen LogP contribution is 2.28. The number of hydrogen-bond acceptors (Lipinski definition) is 8. The zero-order chi connectivity index (χ0) is 23.8. The quantitative estimate of drug-likeness (QED) is 0.317. The van der Waals surface area contributed by atoms with Crippen LogP contribution in [0.4, 0.5) is 11.4 Å². The number of rotatable bonds is 10. The number of nitrogen functional groups attached to an aromatic ring is 1. The van der Waals surface area contributed by atoms with Crippen LogP contribution in [0.3, 0.4) is 0 Å². The number of amides is 1. The summed E-state index contributed by atoms with van der Waals surface area (Å²) in [6.45, 7) is 0.811. The number of ether oxygens (including phenoxy) is 3. The van der Waals surface area contributed by atoms with E-state index in [2.05, 4.69) is 10.3 Å². The Hall–Kier alpha value is -4.11. The van der Waals surface area contributed by atoms with Gasteiger partial charge in [0.05, 0.1) is 37.8 Å². The third-order valence-corrected chi connectivity index (χ3v) is 4.85. The number of pyridine rings is 1. The number of anilines is 2. The Labute approximate surface area is 191 Å². The van der Waals surface area contributed by atoms with Crippen LogP contribution in [0.1, 0.15) is 32.8 Å². The molecule has 1 aromatic heterocycles. The number of nitrogens with one attached hydrogen (secondary N) is 1. The normalized spacial score (nSPS) is 10.4. The molecule has 1 heterocycles. The molecular weight excluding hydrogens is 424 g/mol. The number of nitrogens with zero attached hydrogens (tertiary/aromatic N) is 1. The molecule has 0 radical (unpaired) electrons. The van der Waals surface area contributed by atoms with Gasteiger partial charge in [0, 0.05) is 17.8 Å². The second kappa shape index (κ2) is 11.0. The molecule has 0 bridgehead atoms. The number of aromatic nitrogens is 1. The van der Waals surface area contributed by atoms with Crippen LogP contribution < -0.4 is 31.0 Å². The van der Waals surface area contributed by atoms with Gasteiger partial charge in [-0.15, -0.1) is 0 Å². The Bertz CT molecular complexity index is 1130. The predicted molar refractivity (Wildman–Crippen MR) is 125 cm³/mol. The van der Waals surface area contributed by atoms with Gasteiger partial charge in [0.2, 0.25) is 5.78 Å². The van der Waals surface area contributed by atoms with E-state index >= 15 is 0 Å². The molecule has 9 nitrogen and oxygen atoms in total. The zero-order valence-corrected chi connectivity index (χ0v) is 18.5. The van der Waals surface area contributed by atoms with E-state index in [9.17, 15) is 9.59 Å². The molecule has 0 aliphatic heterocycles. The van der Waals surface area contributed by atoms with Crippen LogP contribution in [0.2, 0.25) is 0 Å². The topological polar surface area (TPSA) is 139 Å². The molecule has 1 amide bonds. The second-order valence-electron chi connectivity index (χ2n) is 6.99. The van der Waals surface area contributed by atoms with Gasteiger partial charge in [-0.3, -0.25) is 14.6 Å². The van der Waals surface area contributed by atoms with Gasteiger partial charge in [0.1, 0.15) is 22.9 Å². The average Bonchev–Trinajstić information content (AvgIpc) is 2.85. The molecule has 0 saturated carbocycles. The number of hydrogen-bond donors (Lipinski definition) is 3. The Morgan fingerprint density at radius 1 is 1.00 bits per heavy atom. The van der Waals surface area contributed by atoms with Crippen molar-refractivity contribution in [3.63, 3.8) is 0 Å². The first-order chi connectivity index (χ1) is 16.0. The summed E-state index contributed by atoms with van der Waals surface area (Å²) < 4.78 is 16.1. The van der Waals surface area contributed by atoms with Crippen molar-refractivity contribution in [2.24, 2.45) is 5.73 Å². The minimum atomic E-state index is -0.457. The molecule has 9 heteroatoms. The molecule has 0 saturated heterocycles. The molecule has 3 rings (SSSR count). The lowest BCUT2D eigenvalue weighted by Gasteiger charge is -2.14. The van der Waals surface area contributed by atoms with E-state index < -0.39 is 5.91 Å². The summed E-state index contributed by atoms with van der Waals surface area (Å²) in [4.78, 5) is 30.0. The van der Waals surface area contributed by atoms with Crippen molar-refractivity contribution in [1.82, 2.24) is 4.98 Å². The summed E-state index contributed by atoms with van der Waals surface area (Å²) in [6.07, 6.45) is 2.04. The molecule has 0 atom stereocenters. The van der Waals surface area contributed by atoms with Crippen molar-refractivity contribution in [2.45, 2.75) is 6.42 Å². The fourth-order valence-corrected chi connectivity index (χ4v) is 3.03. The molecule has 5 N–H and O–H groups in total. The second-order valence-corrected chi connectivity index (χ2v) is 6.99. The average molecular weight is 450 g/mol. The van der Waals surface area contributed by atoms with Gasteiger partial charge >= 0.3 is 0 Å². The number of ketones is 1. The number of benzene rings is 2. The predicted octanol–water partition coefficient (Wildman–Crippen LogP) is 2.89. The van der Waals surface area contributed by atoms with Crippen molar-refractivity contribution < 1.29 is 23.8 Å². The third kappa shape index (κ3) is 5.58. The van der Waals surface area contributed by atoms with Crippen LogP contribution in [0.25, 0.3) is 0 Å². The van der Waals surface area contributed by atoms with Crippen LogP contribution in [0.15, 0.2) is 54.7 Å². The van der Waals surface area contributed by atoms with Gasteiger partial charge in [-0.05, 0) is 55.4 Å². The molecule has 3 aromatic rings. The van der Waals surface area contributed by atoms with E-state index in [-0.39, 0.29) is 28.4 Å². The minimum Gasteiger partial charge on any atom is -0.497 e. The van der Waals surface area contributed by atoms with Crippen molar-refractivity contribution in [2.75, 3.05) is 38.4 Å². The fourth-order valence-electron chi connectivity index (χ4n) is 3.03. The smallest absolute Gasteiger partial charge is 0.259 e. The first-order valence-corrected chi connectivity index (χ1v) is 10.2. The number of carbonyl (C=O) groups is 2. The lowest BCUT2D eigenvalue weighted by Crippen LogP contribution is -2.17. The van der Waals surface area contributed by atoms with Crippen LogP contribution >= 0.6 is 0 Å². The van der Waals surface area contributed by atoms with Crippen molar-refractivity contribution >= 4 is 23.1 Å². The molecule has 0 unspecified atom stereocenters. The summed E-state index contributed by atoms with van der Waals surface area (Å²) in [7, 11) is 3.07. The minimum absolute atomic E-state index is 0.0344. The van der Waals surface area contributed by atoms with Gasteiger partial charge in [0.15, 0.2) is 0 Å². The number of methoxy groups -OCH3 is 2. The lowest BCUT2D eigenvalue weighted by atomic mass is 10.1. The zero-order valence-electron chi connectivity index (χ0n) is 18.5. The highest BCUT2D eigenvalue weighted by atomic mass is 16.5. The van der Waals surface area contributed by atoms with Gasteiger partial charge in [-0.25, -0.2) is 0 Å². The summed E-state index contributed by atoms with van der Waals surface area (Å²) in [5.74, 6) is 0.688. The van der Waals surface area contributed by atoms with E-state index in [1.807, 2.05) is 0 Å². The van der Waals surface area contributed by atoms with Crippen molar-refractivity contribution in [3.8, 4) is 17.2 Å². The summed E-state index contributed by atoms with van der Waals surface area (Å²) in [5.41, 5.74) is 12.8. The standard InChI is InChI=1S/C24H26N4O5/c1-31-16-6-4-15(5-7-16)23(29)22-21(26)19(10-12-27-22)28-24(30)18-9-8-17(32-2)14-20(18)33-13-3-11-25/h4-10,12,14H,3,11,13,25-26H2,1-2H3,(H,27,28,30). The van der Waals surface area contributed by atoms with Crippen LogP contribution in [0, 0.1) is 0 Å². The maximum atomic E-state index is 13.0. The largest absolute Gasteiger partial charge is 0.497 e. The van der Waals surface area contributed by atoms with E-state index in [0.29, 0.717) is 42.4 Å². The SMILES string of the molecule is COc1ccc(C(=O)c2nccc(NC(=O)c3ccc(OC)cc3OCCCN)c2N)cc1. The van der Waals surface area contributed by atoms with E-state index in [0.717, 1.165) is 0 Å². The Balaban J connectivity index is 1.85. The lowest BCUT2D eigenvalue weighted by molar-refractivity contribution is 0.101. The summed E-state index contributed by atoms with van der Waals surface area (Å²) >= 11 is 0. The molecule has 0 aliphatic rings. The van der Waals surface area contributed by atoms with Crippen LogP contribution in [0.5, 0.6) is 17.2 Å². The molecule has 0 fully saturated rings. The monoisotopic (exact) mass is 450 g/mol. The van der Waals surface area contributed by atoms with E-state index in [1.165, 1.54) is 19.4 Å². The Morgan fingerprint density at radius 2 is 1.70 bits per heavy atom. The first kappa shape index (κ1) is 23.6. The number of carbonyl (C=O) groups excluding carboxylic acids is 2. The molecule has 0 spiro atoms. The van der Waals surface area contributed by atoms with Gasteiger partial charge in [-0.2, -0.15) is 0 Å². The van der Waals surface area contributed by atoms with Crippen molar-refractivity contribution in [1.29, 1.82) is 0 Å². The molecule has 172 valence electrons. The number of nitrogens with two attached hydrogens (primary N) is 2. The summed E-state index contributed by atoms with van der Waals surface area (Å²) in [5, 5.41) is 2.74. The highest BCUT2D eigenvalue weighted by molar-refractivity contribution is 6.14. The van der Waals surface area contributed by atoms with Crippen LogP contribution in [-0.4, -0.2) is 44.0 Å². The maximum Gasteiger partial charge on any atom is 0.259 e. The highest BCUT2D eigenvalue weighted by Gasteiger charge is 2.20. The fraction of sp³-hybridized carbons (Fsp3) is 0.208. The molecule has 33 heavy (non-hydrogen) atoms. The van der Waals surface area contributed by atoms with Gasteiger partial charge in [-0.1, -0.05) is 0 Å². The Kier molecular flexibility index (Phi) is 7.82. The Morgan fingerprint density at radius 3 is 2.36 bits per heavy atom. The van der Waals surface area contributed by atoms with E-state index in [1.54, 1.807) is 49.6 Å². The first-order valence-electron chi connectivity index (χ1n) is 10.2. The van der Waals surface area contributed by atoms with Gasteiger partial charge in [0.25, 0.3) is 5.91 Å². The molecule has 2 aromatic carbocycles. The third-order valence-electron chi connectivity index (χ3n) is 4.85. The van der Waals surface area contributed by atoms with Crippen molar-refractivity contribution in [3.05, 3.63) is 71.5 Å². The maximum absolute atomic E-state index is 13.0. The molecular formula is C24H26N4O5. The van der Waals surface area contributed by atoms with E-state index in [4.69, 9.17) is 25.7 Å². The van der Waals surface area contributed by atoms with Gasteiger partial charge < -0.3 is 31.0 Å².